The van der Waals surface area contributed by atoms with Crippen LogP contribution in [0.25, 0.3) is 0 Å². The number of benzene rings is 3. The number of hydrogen-bond donors (Lipinski definition) is 1. The minimum atomic E-state index is -4.28. The second-order valence-electron chi connectivity index (χ2n) is 9.03. The smallest absolute Gasteiger partial charge is 0.264 e. The maximum Gasteiger partial charge on any atom is 0.264 e. The minimum Gasteiger partial charge on any atom is -0.354 e. The largest absolute Gasteiger partial charge is 0.354 e. The van der Waals surface area contributed by atoms with E-state index in [-0.39, 0.29) is 17.1 Å². The molecule has 0 fully saturated rings. The number of sulfonamides is 1. The van der Waals surface area contributed by atoms with Gasteiger partial charge in [0.1, 0.15) is 18.4 Å². The molecule has 0 saturated carbocycles. The zero-order chi connectivity index (χ0) is 28.7. The number of nitrogens with one attached hydrogen (secondary N) is 1. The Morgan fingerprint density at radius 3 is 2.23 bits per heavy atom. The highest BCUT2D eigenvalue weighted by molar-refractivity contribution is 7.92. The molecule has 3 aromatic rings. The molecular weight excluding hydrogens is 564 g/mol. The van der Waals surface area contributed by atoms with Crippen molar-refractivity contribution in [2.45, 2.75) is 44.7 Å². The lowest BCUT2D eigenvalue weighted by Gasteiger charge is -2.32. The number of carbonyl (C=O) groups excluding carboxylic acids is 2. The summed E-state index contributed by atoms with van der Waals surface area (Å²) < 4.78 is 41.9. The molecule has 0 bridgehead atoms. The molecule has 0 unspecified atom stereocenters. The van der Waals surface area contributed by atoms with E-state index in [1.165, 1.54) is 11.0 Å². The van der Waals surface area contributed by atoms with Gasteiger partial charge in [0.2, 0.25) is 11.8 Å². The van der Waals surface area contributed by atoms with Crippen LogP contribution in [0.3, 0.4) is 0 Å². The van der Waals surface area contributed by atoms with E-state index in [1.807, 2.05) is 13.8 Å². The highest BCUT2D eigenvalue weighted by Gasteiger charge is 2.32. The van der Waals surface area contributed by atoms with E-state index < -0.39 is 40.2 Å². The van der Waals surface area contributed by atoms with Crippen molar-refractivity contribution >= 4 is 50.7 Å². The van der Waals surface area contributed by atoms with Crippen molar-refractivity contribution in [1.82, 2.24) is 10.2 Å². The Morgan fingerprint density at radius 1 is 1.00 bits per heavy atom. The molecule has 0 spiro atoms. The van der Waals surface area contributed by atoms with Crippen molar-refractivity contribution in [2.24, 2.45) is 0 Å². The van der Waals surface area contributed by atoms with Gasteiger partial charge >= 0.3 is 0 Å². The van der Waals surface area contributed by atoms with Gasteiger partial charge in [0.05, 0.1) is 10.6 Å². The Labute approximate surface area is 238 Å². The Balaban J connectivity index is 2.03. The Bertz CT molecular complexity index is 1420. The SMILES string of the molecule is CCCNC(=O)[C@H](C)N(Cc1ccc(Cl)cc1Cl)C(=O)CN(c1ccc(C)cc1)S(=O)(=O)c1ccc(F)cc1. The van der Waals surface area contributed by atoms with Crippen LogP contribution in [-0.2, 0) is 26.2 Å². The third-order valence-electron chi connectivity index (χ3n) is 6.07. The highest BCUT2D eigenvalue weighted by Crippen LogP contribution is 2.27. The van der Waals surface area contributed by atoms with Gasteiger partial charge in [0, 0.05) is 23.1 Å². The summed E-state index contributed by atoms with van der Waals surface area (Å²) in [4.78, 5) is 27.8. The Hall–Kier alpha value is -3.14. The molecule has 0 radical (unpaired) electrons. The van der Waals surface area contributed by atoms with Gasteiger partial charge in [0.25, 0.3) is 10.0 Å². The van der Waals surface area contributed by atoms with Gasteiger partial charge in [-0.25, -0.2) is 12.8 Å². The maximum atomic E-state index is 13.8. The predicted molar refractivity (Wildman–Crippen MR) is 152 cm³/mol. The van der Waals surface area contributed by atoms with Crippen LogP contribution in [0.4, 0.5) is 10.1 Å². The third-order valence-corrected chi connectivity index (χ3v) is 8.45. The van der Waals surface area contributed by atoms with Crippen LogP contribution in [-0.4, -0.2) is 44.3 Å². The quantitative estimate of drug-likeness (QED) is 0.314. The summed E-state index contributed by atoms with van der Waals surface area (Å²) in [5, 5.41) is 3.49. The fourth-order valence-electron chi connectivity index (χ4n) is 3.79. The van der Waals surface area contributed by atoms with Crippen LogP contribution in [0, 0.1) is 12.7 Å². The van der Waals surface area contributed by atoms with E-state index in [2.05, 4.69) is 5.32 Å². The van der Waals surface area contributed by atoms with Gasteiger partial charge in [-0.2, -0.15) is 0 Å². The molecule has 11 heteroatoms. The van der Waals surface area contributed by atoms with E-state index in [1.54, 1.807) is 43.3 Å². The molecule has 1 atom stereocenters. The van der Waals surface area contributed by atoms with Gasteiger partial charge in [-0.3, -0.25) is 13.9 Å². The molecule has 7 nitrogen and oxygen atoms in total. The van der Waals surface area contributed by atoms with Gasteiger partial charge in [0.15, 0.2) is 0 Å². The first-order valence-corrected chi connectivity index (χ1v) is 14.5. The van der Waals surface area contributed by atoms with E-state index in [9.17, 15) is 22.4 Å². The molecule has 3 aromatic carbocycles. The zero-order valence-electron chi connectivity index (χ0n) is 21.8. The average Bonchev–Trinajstić information content (AvgIpc) is 2.90. The normalized spacial score (nSPS) is 12.1. The standard InChI is InChI=1S/C28H30Cl2FN3O4S/c1-4-15-32-28(36)20(3)33(17-21-7-8-22(29)16-26(21)30)27(35)18-34(24-11-5-19(2)6-12-24)39(37,38)25-13-9-23(31)10-14-25/h5-14,16,20H,4,15,17-18H2,1-3H3,(H,32,36)/t20-/m0/s1. The first-order valence-electron chi connectivity index (χ1n) is 12.3. The lowest BCUT2D eigenvalue weighted by Crippen LogP contribution is -2.51. The second kappa shape index (κ2) is 13.3. The van der Waals surface area contributed by atoms with Crippen molar-refractivity contribution in [2.75, 3.05) is 17.4 Å². The molecule has 3 rings (SSSR count). The average molecular weight is 595 g/mol. The lowest BCUT2D eigenvalue weighted by molar-refractivity contribution is -0.139. The first kappa shape index (κ1) is 30.4. The molecule has 2 amide bonds. The predicted octanol–water partition coefficient (Wildman–Crippen LogP) is 5.58. The van der Waals surface area contributed by atoms with Crippen molar-refractivity contribution in [1.29, 1.82) is 0 Å². The van der Waals surface area contributed by atoms with Gasteiger partial charge in [-0.1, -0.05) is 53.9 Å². The van der Waals surface area contributed by atoms with Crippen LogP contribution >= 0.6 is 23.2 Å². The molecule has 1 N–H and O–H groups in total. The fraction of sp³-hybridized carbons (Fsp3) is 0.286. The van der Waals surface area contributed by atoms with Crippen molar-refractivity contribution in [3.8, 4) is 0 Å². The summed E-state index contributed by atoms with van der Waals surface area (Å²) in [5.74, 6) is -1.62. The molecule has 0 aliphatic rings. The number of amides is 2. The van der Waals surface area contributed by atoms with Crippen LogP contribution in [0.15, 0.2) is 71.6 Å². The topological polar surface area (TPSA) is 86.8 Å². The minimum absolute atomic E-state index is 0.0616. The summed E-state index contributed by atoms with van der Waals surface area (Å²) >= 11 is 12.4. The summed E-state index contributed by atoms with van der Waals surface area (Å²) in [6.45, 7) is 5.06. The maximum absolute atomic E-state index is 13.8. The Kier molecular flexibility index (Phi) is 10.4. The molecular formula is C28H30Cl2FN3O4S. The van der Waals surface area contributed by atoms with Gasteiger partial charge in [-0.05, 0) is 74.4 Å². The lowest BCUT2D eigenvalue weighted by atomic mass is 10.1. The summed E-state index contributed by atoms with van der Waals surface area (Å²) in [6, 6.07) is 14.8. The van der Waals surface area contributed by atoms with Gasteiger partial charge < -0.3 is 10.2 Å². The molecule has 0 saturated heterocycles. The van der Waals surface area contributed by atoms with Crippen molar-refractivity contribution in [3.63, 3.8) is 0 Å². The van der Waals surface area contributed by atoms with Crippen molar-refractivity contribution in [3.05, 3.63) is 93.7 Å². The number of anilines is 1. The number of halogens is 3. The number of rotatable bonds is 11. The number of hydrogen-bond acceptors (Lipinski definition) is 4. The van der Waals surface area contributed by atoms with Crippen LogP contribution in [0.2, 0.25) is 10.0 Å². The molecule has 0 heterocycles. The third kappa shape index (κ3) is 7.71. The van der Waals surface area contributed by atoms with E-state index in [0.29, 0.717) is 28.6 Å². The molecule has 0 aromatic heterocycles. The highest BCUT2D eigenvalue weighted by atomic mass is 35.5. The van der Waals surface area contributed by atoms with Crippen molar-refractivity contribution < 1.29 is 22.4 Å². The first-order chi connectivity index (χ1) is 18.4. The van der Waals surface area contributed by atoms with E-state index >= 15 is 0 Å². The van der Waals surface area contributed by atoms with Gasteiger partial charge in [-0.15, -0.1) is 0 Å². The Morgan fingerprint density at radius 2 is 1.64 bits per heavy atom. The van der Waals surface area contributed by atoms with Crippen LogP contribution in [0.5, 0.6) is 0 Å². The molecule has 0 aliphatic heterocycles. The number of nitrogens with zero attached hydrogens (tertiary/aromatic N) is 2. The van der Waals surface area contributed by atoms with E-state index in [4.69, 9.17) is 23.2 Å². The fourth-order valence-corrected chi connectivity index (χ4v) is 5.67. The van der Waals surface area contributed by atoms with E-state index in [0.717, 1.165) is 34.1 Å². The molecule has 208 valence electrons. The zero-order valence-corrected chi connectivity index (χ0v) is 24.2. The van der Waals surface area contributed by atoms with Crippen LogP contribution in [0.1, 0.15) is 31.4 Å². The molecule has 39 heavy (non-hydrogen) atoms. The number of aryl methyl sites for hydroxylation is 1. The second-order valence-corrected chi connectivity index (χ2v) is 11.7. The summed E-state index contributed by atoms with van der Waals surface area (Å²) in [6.07, 6.45) is 0.701. The summed E-state index contributed by atoms with van der Waals surface area (Å²) in [7, 11) is -4.28. The monoisotopic (exact) mass is 593 g/mol. The van der Waals surface area contributed by atoms with Crippen LogP contribution < -0.4 is 9.62 Å². The summed E-state index contributed by atoms with van der Waals surface area (Å²) in [5.41, 5.74) is 1.67. The number of carbonyl (C=O) groups is 2. The molecule has 0 aliphatic carbocycles.